The number of nitrogens with zero attached hydrogens (tertiary/aromatic N) is 1. The molecule has 19 heavy (non-hydrogen) atoms. The van der Waals surface area contributed by atoms with E-state index in [9.17, 15) is 4.79 Å². The third kappa shape index (κ3) is 3.96. The van der Waals surface area contributed by atoms with Crippen LogP contribution in [-0.4, -0.2) is 37.2 Å². The van der Waals surface area contributed by atoms with Crippen molar-refractivity contribution in [2.75, 3.05) is 25.5 Å². The van der Waals surface area contributed by atoms with Crippen LogP contribution in [-0.2, 0) is 11.2 Å². The molecule has 4 heteroatoms. The molecule has 0 aromatic heterocycles. The first-order valence-corrected chi connectivity index (χ1v) is 6.91. The molecule has 1 atom stereocenters. The first-order valence-electron chi connectivity index (χ1n) is 6.91. The Kier molecular flexibility index (Phi) is 4.80. The molecule has 2 amide bonds. The molecule has 0 saturated carbocycles. The molecule has 0 radical (unpaired) electrons. The van der Waals surface area contributed by atoms with Crippen LogP contribution in [0.3, 0.4) is 0 Å². The smallest absolute Gasteiger partial charge is 0.321 e. The number of hydrogen-bond acceptors (Lipinski definition) is 2. The number of carbonyl (C=O) groups excluding carboxylic acids is 1. The highest BCUT2D eigenvalue weighted by molar-refractivity contribution is 5.89. The summed E-state index contributed by atoms with van der Waals surface area (Å²) >= 11 is 0. The molecule has 4 nitrogen and oxygen atoms in total. The number of carbonyl (C=O) groups is 1. The molecule has 1 fully saturated rings. The van der Waals surface area contributed by atoms with Crippen LogP contribution in [0.15, 0.2) is 24.3 Å². The summed E-state index contributed by atoms with van der Waals surface area (Å²) in [6.07, 6.45) is 3.30. The SMILES string of the molecule is CCc1cccc(NC(=O)N(C)CC2CCCO2)c1. The molecule has 1 saturated heterocycles. The molecule has 1 aromatic carbocycles. The van der Waals surface area contributed by atoms with E-state index in [1.165, 1.54) is 5.56 Å². The summed E-state index contributed by atoms with van der Waals surface area (Å²) in [7, 11) is 1.81. The van der Waals surface area contributed by atoms with Crippen LogP contribution in [0.25, 0.3) is 0 Å². The molecular formula is C15H22N2O2. The number of hydrogen-bond donors (Lipinski definition) is 1. The van der Waals surface area contributed by atoms with E-state index in [1.807, 2.05) is 18.2 Å². The highest BCUT2D eigenvalue weighted by Gasteiger charge is 2.19. The Morgan fingerprint density at radius 2 is 2.37 bits per heavy atom. The number of benzene rings is 1. The topological polar surface area (TPSA) is 41.6 Å². The maximum atomic E-state index is 12.1. The zero-order valence-corrected chi connectivity index (χ0v) is 11.7. The second-order valence-electron chi connectivity index (χ2n) is 5.00. The van der Waals surface area contributed by atoms with Crippen LogP contribution in [0.4, 0.5) is 10.5 Å². The van der Waals surface area contributed by atoms with E-state index in [0.29, 0.717) is 6.54 Å². The first kappa shape index (κ1) is 13.9. The summed E-state index contributed by atoms with van der Waals surface area (Å²) in [5, 5.41) is 2.92. The van der Waals surface area contributed by atoms with Crippen molar-refractivity contribution in [3.63, 3.8) is 0 Å². The van der Waals surface area contributed by atoms with Crippen LogP contribution in [0.2, 0.25) is 0 Å². The van der Waals surface area contributed by atoms with E-state index in [1.54, 1.807) is 11.9 Å². The monoisotopic (exact) mass is 262 g/mol. The molecule has 1 aliphatic heterocycles. The minimum atomic E-state index is -0.0799. The van der Waals surface area contributed by atoms with Crippen molar-refractivity contribution in [3.8, 4) is 0 Å². The van der Waals surface area contributed by atoms with Gasteiger partial charge in [-0.05, 0) is 37.0 Å². The van der Waals surface area contributed by atoms with Crippen LogP contribution in [0, 0.1) is 0 Å². The van der Waals surface area contributed by atoms with E-state index in [-0.39, 0.29) is 12.1 Å². The molecular weight excluding hydrogens is 240 g/mol. The molecule has 0 bridgehead atoms. The van der Waals surface area contributed by atoms with Gasteiger partial charge in [-0.25, -0.2) is 4.79 Å². The lowest BCUT2D eigenvalue weighted by Gasteiger charge is -2.21. The normalized spacial score (nSPS) is 18.3. The number of likely N-dealkylation sites (N-methyl/N-ethyl adjacent to an activating group) is 1. The Morgan fingerprint density at radius 1 is 1.53 bits per heavy atom. The Hall–Kier alpha value is -1.55. The van der Waals surface area contributed by atoms with Gasteiger partial charge in [0, 0.05) is 25.9 Å². The summed E-state index contributed by atoms with van der Waals surface area (Å²) in [4.78, 5) is 13.7. The van der Waals surface area contributed by atoms with E-state index in [2.05, 4.69) is 18.3 Å². The zero-order valence-electron chi connectivity index (χ0n) is 11.7. The molecule has 104 valence electrons. The van der Waals surface area contributed by atoms with Gasteiger partial charge in [0.1, 0.15) is 0 Å². The van der Waals surface area contributed by atoms with E-state index in [4.69, 9.17) is 4.74 Å². The standard InChI is InChI=1S/C15H22N2O2/c1-3-12-6-4-7-13(10-12)16-15(18)17(2)11-14-8-5-9-19-14/h4,6-7,10,14H,3,5,8-9,11H2,1-2H3,(H,16,18). The fourth-order valence-corrected chi connectivity index (χ4v) is 2.26. The van der Waals surface area contributed by atoms with Gasteiger partial charge in [-0.3, -0.25) is 0 Å². The van der Waals surface area contributed by atoms with Gasteiger partial charge in [-0.2, -0.15) is 0 Å². The Labute approximate surface area is 114 Å². The van der Waals surface area contributed by atoms with Crippen LogP contribution in [0.5, 0.6) is 0 Å². The molecule has 2 rings (SSSR count). The van der Waals surface area contributed by atoms with Crippen molar-refractivity contribution < 1.29 is 9.53 Å². The average molecular weight is 262 g/mol. The second-order valence-corrected chi connectivity index (χ2v) is 5.00. The maximum Gasteiger partial charge on any atom is 0.321 e. The fourth-order valence-electron chi connectivity index (χ4n) is 2.26. The maximum absolute atomic E-state index is 12.1. The lowest BCUT2D eigenvalue weighted by Crippen LogP contribution is -2.37. The summed E-state index contributed by atoms with van der Waals surface area (Å²) < 4.78 is 5.54. The number of nitrogens with one attached hydrogen (secondary N) is 1. The number of rotatable bonds is 4. The number of urea groups is 1. The van der Waals surface area contributed by atoms with Gasteiger partial charge in [0.15, 0.2) is 0 Å². The van der Waals surface area contributed by atoms with Gasteiger partial charge in [0.05, 0.1) is 6.10 Å². The molecule has 1 aromatic rings. The third-order valence-electron chi connectivity index (χ3n) is 3.43. The summed E-state index contributed by atoms with van der Waals surface area (Å²) in [5.41, 5.74) is 2.07. The van der Waals surface area contributed by atoms with Crippen LogP contribution in [0.1, 0.15) is 25.3 Å². The Morgan fingerprint density at radius 3 is 3.05 bits per heavy atom. The molecule has 1 unspecified atom stereocenters. The highest BCUT2D eigenvalue weighted by atomic mass is 16.5. The minimum Gasteiger partial charge on any atom is -0.376 e. The molecule has 0 aliphatic carbocycles. The average Bonchev–Trinajstić information content (AvgIpc) is 2.91. The van der Waals surface area contributed by atoms with Crippen molar-refractivity contribution in [2.24, 2.45) is 0 Å². The Bertz CT molecular complexity index is 428. The van der Waals surface area contributed by atoms with Crippen molar-refractivity contribution in [1.29, 1.82) is 0 Å². The van der Waals surface area contributed by atoms with Crippen molar-refractivity contribution >= 4 is 11.7 Å². The second kappa shape index (κ2) is 6.57. The summed E-state index contributed by atoms with van der Waals surface area (Å²) in [5.74, 6) is 0. The molecule has 0 spiro atoms. The highest BCUT2D eigenvalue weighted by Crippen LogP contribution is 2.14. The summed E-state index contributed by atoms with van der Waals surface area (Å²) in [6, 6.07) is 7.87. The fraction of sp³-hybridized carbons (Fsp3) is 0.533. The number of ether oxygens (including phenoxy) is 1. The van der Waals surface area contributed by atoms with Crippen LogP contribution < -0.4 is 5.32 Å². The molecule has 1 N–H and O–H groups in total. The predicted octanol–water partition coefficient (Wildman–Crippen LogP) is 2.89. The van der Waals surface area contributed by atoms with Gasteiger partial charge in [-0.1, -0.05) is 19.1 Å². The first-order chi connectivity index (χ1) is 9.19. The zero-order chi connectivity index (χ0) is 13.7. The van der Waals surface area contributed by atoms with Gasteiger partial charge in [0.2, 0.25) is 0 Å². The van der Waals surface area contributed by atoms with E-state index >= 15 is 0 Å². The van der Waals surface area contributed by atoms with Gasteiger partial charge in [0.25, 0.3) is 0 Å². The molecule has 1 aliphatic rings. The summed E-state index contributed by atoms with van der Waals surface area (Å²) in [6.45, 7) is 3.57. The number of amides is 2. The lowest BCUT2D eigenvalue weighted by molar-refractivity contribution is 0.0894. The predicted molar refractivity (Wildman–Crippen MR) is 76.4 cm³/mol. The van der Waals surface area contributed by atoms with Gasteiger partial charge >= 0.3 is 6.03 Å². The Balaban J connectivity index is 1.88. The van der Waals surface area contributed by atoms with Gasteiger partial charge in [-0.15, -0.1) is 0 Å². The van der Waals surface area contributed by atoms with Crippen molar-refractivity contribution in [1.82, 2.24) is 4.90 Å². The van der Waals surface area contributed by atoms with Gasteiger partial charge < -0.3 is 15.0 Å². The van der Waals surface area contributed by atoms with Crippen molar-refractivity contribution in [2.45, 2.75) is 32.3 Å². The quantitative estimate of drug-likeness (QED) is 0.906. The van der Waals surface area contributed by atoms with Crippen molar-refractivity contribution in [3.05, 3.63) is 29.8 Å². The lowest BCUT2D eigenvalue weighted by atomic mass is 10.1. The largest absolute Gasteiger partial charge is 0.376 e. The minimum absolute atomic E-state index is 0.0799. The number of aryl methyl sites for hydroxylation is 1. The third-order valence-corrected chi connectivity index (χ3v) is 3.43. The van der Waals surface area contributed by atoms with E-state index in [0.717, 1.165) is 31.6 Å². The number of anilines is 1. The van der Waals surface area contributed by atoms with Crippen LogP contribution >= 0.6 is 0 Å². The van der Waals surface area contributed by atoms with E-state index < -0.39 is 0 Å². The molecule has 1 heterocycles.